The minimum atomic E-state index is 0.761. The highest BCUT2D eigenvalue weighted by Gasteiger charge is 2.34. The topological polar surface area (TPSA) is 18.5 Å². The van der Waals surface area contributed by atoms with Crippen molar-refractivity contribution in [2.45, 2.75) is 76.4 Å². The standard InChI is InChI=1S/C17H33N3/c1-2-10-20(14-15-6-3-4-9-18-15)17-8-12-19-11-5-7-16(19)13-17/h15-18H,2-14H2,1H3. The van der Waals surface area contributed by atoms with Gasteiger partial charge in [-0.15, -0.1) is 0 Å². The predicted molar refractivity (Wildman–Crippen MR) is 85.1 cm³/mol. The minimum Gasteiger partial charge on any atom is -0.313 e. The molecule has 3 nitrogen and oxygen atoms in total. The van der Waals surface area contributed by atoms with Crippen molar-refractivity contribution >= 4 is 0 Å². The molecule has 20 heavy (non-hydrogen) atoms. The number of nitrogens with one attached hydrogen (secondary N) is 1. The summed E-state index contributed by atoms with van der Waals surface area (Å²) < 4.78 is 0. The van der Waals surface area contributed by atoms with E-state index in [1.807, 2.05) is 0 Å². The summed E-state index contributed by atoms with van der Waals surface area (Å²) in [6.45, 7) is 8.90. The summed E-state index contributed by atoms with van der Waals surface area (Å²) in [6, 6.07) is 2.53. The molecule has 3 atom stereocenters. The van der Waals surface area contributed by atoms with Crippen molar-refractivity contribution in [3.05, 3.63) is 0 Å². The Kier molecular flexibility index (Phi) is 5.36. The van der Waals surface area contributed by atoms with Gasteiger partial charge in [-0.05, 0) is 71.1 Å². The fraction of sp³-hybridized carbons (Fsp3) is 1.00. The van der Waals surface area contributed by atoms with Crippen molar-refractivity contribution in [1.82, 2.24) is 15.1 Å². The van der Waals surface area contributed by atoms with Crippen LogP contribution in [0, 0.1) is 0 Å². The fourth-order valence-electron chi connectivity index (χ4n) is 4.61. The van der Waals surface area contributed by atoms with E-state index in [-0.39, 0.29) is 0 Å². The van der Waals surface area contributed by atoms with Crippen LogP contribution in [0.3, 0.4) is 0 Å². The first-order chi connectivity index (χ1) is 9.86. The third-order valence-electron chi connectivity index (χ3n) is 5.69. The molecule has 3 fully saturated rings. The Labute approximate surface area is 125 Å². The van der Waals surface area contributed by atoms with Gasteiger partial charge in [-0.2, -0.15) is 0 Å². The highest BCUT2D eigenvalue weighted by Crippen LogP contribution is 2.29. The van der Waals surface area contributed by atoms with Crippen LogP contribution in [0.15, 0.2) is 0 Å². The zero-order chi connectivity index (χ0) is 13.8. The molecular formula is C17H33N3. The number of hydrogen-bond acceptors (Lipinski definition) is 3. The van der Waals surface area contributed by atoms with Gasteiger partial charge in [-0.25, -0.2) is 0 Å². The van der Waals surface area contributed by atoms with Crippen LogP contribution in [0.5, 0.6) is 0 Å². The van der Waals surface area contributed by atoms with Crippen LogP contribution >= 0.6 is 0 Å². The van der Waals surface area contributed by atoms with E-state index < -0.39 is 0 Å². The first-order valence-electron chi connectivity index (χ1n) is 9.08. The predicted octanol–water partition coefficient (Wildman–Crippen LogP) is 2.47. The maximum atomic E-state index is 3.74. The minimum absolute atomic E-state index is 0.761. The van der Waals surface area contributed by atoms with E-state index in [1.165, 1.54) is 84.1 Å². The van der Waals surface area contributed by atoms with Crippen molar-refractivity contribution in [3.8, 4) is 0 Å². The van der Waals surface area contributed by atoms with Crippen LogP contribution in [0.4, 0.5) is 0 Å². The highest BCUT2D eigenvalue weighted by molar-refractivity contribution is 4.91. The van der Waals surface area contributed by atoms with Gasteiger partial charge in [0, 0.05) is 24.7 Å². The van der Waals surface area contributed by atoms with E-state index in [0.717, 1.165) is 18.1 Å². The van der Waals surface area contributed by atoms with Gasteiger partial charge in [0.15, 0.2) is 0 Å². The summed E-state index contributed by atoms with van der Waals surface area (Å²) in [5.74, 6) is 0. The molecule has 0 aromatic carbocycles. The zero-order valence-corrected chi connectivity index (χ0v) is 13.3. The van der Waals surface area contributed by atoms with Gasteiger partial charge in [0.1, 0.15) is 0 Å². The first-order valence-corrected chi connectivity index (χ1v) is 9.08. The molecule has 0 radical (unpaired) electrons. The van der Waals surface area contributed by atoms with Gasteiger partial charge in [-0.1, -0.05) is 13.3 Å². The summed E-state index contributed by atoms with van der Waals surface area (Å²) in [4.78, 5) is 5.58. The highest BCUT2D eigenvalue weighted by atomic mass is 15.2. The van der Waals surface area contributed by atoms with Crippen molar-refractivity contribution in [1.29, 1.82) is 0 Å². The Morgan fingerprint density at radius 1 is 1.10 bits per heavy atom. The van der Waals surface area contributed by atoms with Gasteiger partial charge in [-0.3, -0.25) is 4.90 Å². The Balaban J connectivity index is 1.55. The summed E-state index contributed by atoms with van der Waals surface area (Å²) in [5, 5.41) is 3.74. The van der Waals surface area contributed by atoms with E-state index >= 15 is 0 Å². The summed E-state index contributed by atoms with van der Waals surface area (Å²) in [5.41, 5.74) is 0. The van der Waals surface area contributed by atoms with E-state index in [1.54, 1.807) is 0 Å². The summed E-state index contributed by atoms with van der Waals surface area (Å²) >= 11 is 0. The lowest BCUT2D eigenvalue weighted by atomic mass is 9.95. The number of piperidine rings is 2. The quantitative estimate of drug-likeness (QED) is 0.834. The van der Waals surface area contributed by atoms with Crippen molar-refractivity contribution in [2.24, 2.45) is 0 Å². The molecule has 3 aliphatic heterocycles. The summed E-state index contributed by atoms with van der Waals surface area (Å²) in [7, 11) is 0. The molecule has 0 saturated carbocycles. The van der Waals surface area contributed by atoms with Crippen LogP contribution < -0.4 is 5.32 Å². The average Bonchev–Trinajstić information content (AvgIpc) is 2.95. The number of rotatable bonds is 5. The molecule has 0 aromatic rings. The zero-order valence-electron chi connectivity index (χ0n) is 13.3. The maximum absolute atomic E-state index is 3.74. The molecule has 3 heteroatoms. The molecule has 3 heterocycles. The van der Waals surface area contributed by atoms with Crippen LogP contribution in [0.2, 0.25) is 0 Å². The molecular weight excluding hydrogens is 246 g/mol. The monoisotopic (exact) mass is 279 g/mol. The Morgan fingerprint density at radius 2 is 2.05 bits per heavy atom. The molecule has 0 bridgehead atoms. The Morgan fingerprint density at radius 3 is 2.85 bits per heavy atom. The van der Waals surface area contributed by atoms with Crippen molar-refractivity contribution < 1.29 is 0 Å². The smallest absolute Gasteiger partial charge is 0.0195 e. The molecule has 0 amide bonds. The Bertz CT molecular complexity index is 288. The molecule has 0 aromatic heterocycles. The largest absolute Gasteiger partial charge is 0.313 e. The van der Waals surface area contributed by atoms with Crippen LogP contribution in [0.25, 0.3) is 0 Å². The third-order valence-corrected chi connectivity index (χ3v) is 5.69. The number of nitrogens with zero attached hydrogens (tertiary/aromatic N) is 2. The molecule has 3 rings (SSSR count). The van der Waals surface area contributed by atoms with Crippen LogP contribution in [-0.2, 0) is 0 Å². The van der Waals surface area contributed by atoms with Gasteiger partial charge in [0.2, 0.25) is 0 Å². The molecule has 3 unspecified atom stereocenters. The van der Waals surface area contributed by atoms with E-state index in [2.05, 4.69) is 22.0 Å². The van der Waals surface area contributed by atoms with Crippen molar-refractivity contribution in [3.63, 3.8) is 0 Å². The Hall–Kier alpha value is -0.120. The third kappa shape index (κ3) is 3.55. The normalized spacial score (nSPS) is 35.4. The molecule has 0 spiro atoms. The van der Waals surface area contributed by atoms with Gasteiger partial charge in [0.05, 0.1) is 0 Å². The molecule has 116 valence electrons. The average molecular weight is 279 g/mol. The first kappa shape index (κ1) is 14.8. The van der Waals surface area contributed by atoms with Crippen LogP contribution in [-0.4, -0.2) is 60.6 Å². The van der Waals surface area contributed by atoms with E-state index in [0.29, 0.717) is 0 Å². The maximum Gasteiger partial charge on any atom is 0.0195 e. The summed E-state index contributed by atoms with van der Waals surface area (Å²) in [6.07, 6.45) is 11.2. The second-order valence-corrected chi connectivity index (χ2v) is 7.15. The number of fused-ring (bicyclic) bond motifs is 1. The van der Waals surface area contributed by atoms with E-state index in [9.17, 15) is 0 Å². The lowest BCUT2D eigenvalue weighted by molar-refractivity contribution is 0.0776. The van der Waals surface area contributed by atoms with Crippen molar-refractivity contribution in [2.75, 3.05) is 32.7 Å². The second kappa shape index (κ2) is 7.24. The fourth-order valence-corrected chi connectivity index (χ4v) is 4.61. The van der Waals surface area contributed by atoms with E-state index in [4.69, 9.17) is 0 Å². The van der Waals surface area contributed by atoms with Gasteiger partial charge in [0.25, 0.3) is 0 Å². The molecule has 3 saturated heterocycles. The number of hydrogen-bond donors (Lipinski definition) is 1. The van der Waals surface area contributed by atoms with Gasteiger partial charge >= 0.3 is 0 Å². The second-order valence-electron chi connectivity index (χ2n) is 7.15. The molecule has 3 aliphatic rings. The lowest BCUT2D eigenvalue weighted by Gasteiger charge is -2.42. The van der Waals surface area contributed by atoms with Gasteiger partial charge < -0.3 is 10.2 Å². The SMILES string of the molecule is CCCN(CC1CCCCN1)C1CCN2CCCC2C1. The lowest BCUT2D eigenvalue weighted by Crippen LogP contribution is -2.52. The molecule has 0 aliphatic carbocycles. The molecule has 1 N–H and O–H groups in total. The van der Waals surface area contributed by atoms with Crippen LogP contribution in [0.1, 0.15) is 58.3 Å².